The monoisotopic (exact) mass is 412 g/mol. The van der Waals surface area contributed by atoms with Crippen LogP contribution in [0.2, 0.25) is 0 Å². The first-order valence-corrected chi connectivity index (χ1v) is 8.83. The predicted molar refractivity (Wildman–Crippen MR) is 108 cm³/mol. The summed E-state index contributed by atoms with van der Waals surface area (Å²) in [6.45, 7) is 1.82. The van der Waals surface area contributed by atoms with Gasteiger partial charge in [-0.1, -0.05) is 0 Å². The normalized spacial score (nSPS) is 10.8. The zero-order valence-electron chi connectivity index (χ0n) is 16.6. The lowest BCUT2D eigenvalue weighted by Gasteiger charge is -2.10. The van der Waals surface area contributed by atoms with Gasteiger partial charge in [-0.25, -0.2) is 15.2 Å². The van der Waals surface area contributed by atoms with Crippen molar-refractivity contribution in [2.75, 3.05) is 19.6 Å². The number of hydrogen-bond acceptors (Lipinski definition) is 9. The number of hydrazone groups is 1. The fourth-order valence-corrected chi connectivity index (χ4v) is 2.50. The topological polar surface area (TPSA) is 128 Å². The summed E-state index contributed by atoms with van der Waals surface area (Å²) < 4.78 is 21.0. The molecule has 30 heavy (non-hydrogen) atoms. The van der Waals surface area contributed by atoms with Crippen molar-refractivity contribution >= 4 is 18.1 Å². The minimum atomic E-state index is -0.555. The highest BCUT2D eigenvalue weighted by Crippen LogP contribution is 2.28. The number of esters is 1. The highest BCUT2D eigenvalue weighted by Gasteiger charge is 2.12. The van der Waals surface area contributed by atoms with E-state index in [2.05, 4.69) is 25.2 Å². The van der Waals surface area contributed by atoms with Gasteiger partial charge in [-0.05, 0) is 42.8 Å². The predicted octanol–water partition coefficient (Wildman–Crippen LogP) is 2.49. The van der Waals surface area contributed by atoms with Crippen LogP contribution >= 0.6 is 0 Å². The van der Waals surface area contributed by atoms with E-state index in [-0.39, 0.29) is 23.9 Å². The Morgan fingerprint density at radius 1 is 1.23 bits per heavy atom. The summed E-state index contributed by atoms with van der Waals surface area (Å²) in [5.41, 5.74) is 3.71. The lowest BCUT2D eigenvalue weighted by molar-refractivity contribution is 0.0561. The Balaban J connectivity index is 1.64. The molecule has 0 unspecified atom stereocenters. The second-order valence-corrected chi connectivity index (χ2v) is 6.06. The average molecular weight is 412 g/mol. The number of carbonyl (C=O) groups excluding carboxylic acids is 1. The van der Waals surface area contributed by atoms with E-state index in [1.807, 2.05) is 0 Å². The number of anilines is 1. The molecule has 1 aromatic carbocycles. The molecular formula is C20H20N4O6. The molecule has 3 rings (SSSR count). The van der Waals surface area contributed by atoms with Gasteiger partial charge in [-0.2, -0.15) is 5.10 Å². The third-order valence-corrected chi connectivity index (χ3v) is 3.86. The lowest BCUT2D eigenvalue weighted by Crippen LogP contribution is -2.10. The molecule has 156 valence electrons. The highest BCUT2D eigenvalue weighted by molar-refractivity contribution is 5.86. The van der Waals surface area contributed by atoms with Crippen LogP contribution in [0.1, 0.15) is 27.6 Å². The molecule has 0 atom stereocenters. The van der Waals surface area contributed by atoms with Crippen molar-refractivity contribution < 1.29 is 23.4 Å². The number of benzene rings is 1. The van der Waals surface area contributed by atoms with E-state index >= 15 is 0 Å². The molecule has 0 spiro atoms. The zero-order valence-corrected chi connectivity index (χ0v) is 16.6. The number of furan rings is 1. The van der Waals surface area contributed by atoms with Crippen LogP contribution in [0.15, 0.2) is 50.7 Å². The molecule has 3 aromatic rings. The van der Waals surface area contributed by atoms with E-state index in [0.717, 1.165) is 5.56 Å². The number of aromatic amines is 1. The molecule has 10 nitrogen and oxygen atoms in total. The number of carbonyl (C=O) groups is 1. The van der Waals surface area contributed by atoms with Gasteiger partial charge in [0.15, 0.2) is 11.5 Å². The third kappa shape index (κ3) is 5.25. The maximum atomic E-state index is 11.4. The van der Waals surface area contributed by atoms with Crippen LogP contribution in [0, 0.1) is 6.92 Å². The fourth-order valence-electron chi connectivity index (χ4n) is 2.50. The molecule has 0 fully saturated rings. The largest absolute Gasteiger partial charge is 0.493 e. The number of H-pyrrole nitrogens is 1. The smallest absolute Gasteiger partial charge is 0.373 e. The maximum absolute atomic E-state index is 11.4. The number of rotatable bonds is 8. The molecule has 0 amide bonds. The van der Waals surface area contributed by atoms with Crippen molar-refractivity contribution in [2.45, 2.75) is 13.5 Å². The van der Waals surface area contributed by atoms with E-state index in [4.69, 9.17) is 13.9 Å². The van der Waals surface area contributed by atoms with Gasteiger partial charge >= 0.3 is 5.97 Å². The molecule has 10 heteroatoms. The van der Waals surface area contributed by atoms with Crippen molar-refractivity contribution in [3.63, 3.8) is 0 Å². The molecule has 2 heterocycles. The van der Waals surface area contributed by atoms with Crippen molar-refractivity contribution in [3.8, 4) is 11.5 Å². The van der Waals surface area contributed by atoms with Crippen molar-refractivity contribution in [1.82, 2.24) is 9.97 Å². The molecule has 0 aliphatic heterocycles. The van der Waals surface area contributed by atoms with Crippen molar-refractivity contribution in [3.05, 3.63) is 69.5 Å². The first-order chi connectivity index (χ1) is 14.5. The van der Waals surface area contributed by atoms with E-state index in [1.54, 1.807) is 37.4 Å². The minimum Gasteiger partial charge on any atom is -0.493 e. The summed E-state index contributed by atoms with van der Waals surface area (Å²) in [6, 6.07) is 9.76. The molecular weight excluding hydrogens is 392 g/mol. The standard InChI is InChI=1S/C20H20N4O6/c1-12-8-18(25)23-20(22-12)24-21-10-13-4-6-15(17(9-13)27-2)29-11-14-5-7-16(30-14)19(26)28-3/h4-10H,11H2,1-3H3,(H2,22,23,24,25)/b21-10-. The Morgan fingerprint density at radius 2 is 2.07 bits per heavy atom. The molecule has 2 aromatic heterocycles. The lowest BCUT2D eigenvalue weighted by atomic mass is 10.2. The van der Waals surface area contributed by atoms with Gasteiger partial charge in [-0.15, -0.1) is 0 Å². The van der Waals surface area contributed by atoms with Gasteiger partial charge < -0.3 is 18.6 Å². The van der Waals surface area contributed by atoms with Gasteiger partial charge in [0.25, 0.3) is 5.56 Å². The van der Waals surface area contributed by atoms with Crippen LogP contribution in [0.5, 0.6) is 11.5 Å². The first kappa shape index (κ1) is 20.6. The number of hydrogen-bond donors (Lipinski definition) is 2. The molecule has 0 aliphatic rings. The van der Waals surface area contributed by atoms with E-state index in [0.29, 0.717) is 23.0 Å². The number of ether oxygens (including phenoxy) is 3. The SMILES string of the molecule is COC(=O)c1ccc(COc2ccc(/C=N\Nc3nc(C)cc(=O)[nH]3)cc2OC)o1. The van der Waals surface area contributed by atoms with Gasteiger partial charge in [0.05, 0.1) is 20.4 Å². The molecule has 0 saturated carbocycles. The van der Waals surface area contributed by atoms with Crippen LogP contribution in [0.4, 0.5) is 5.95 Å². The van der Waals surface area contributed by atoms with E-state index in [9.17, 15) is 9.59 Å². The number of aryl methyl sites for hydroxylation is 1. The maximum Gasteiger partial charge on any atom is 0.373 e. The molecule has 0 bridgehead atoms. The first-order valence-electron chi connectivity index (χ1n) is 8.83. The number of nitrogens with one attached hydrogen (secondary N) is 2. The second-order valence-electron chi connectivity index (χ2n) is 6.06. The average Bonchev–Trinajstić information content (AvgIpc) is 3.20. The van der Waals surface area contributed by atoms with Crippen molar-refractivity contribution in [2.24, 2.45) is 5.10 Å². The molecule has 2 N–H and O–H groups in total. The van der Waals surface area contributed by atoms with Crippen LogP contribution in [-0.2, 0) is 11.3 Å². The van der Waals surface area contributed by atoms with Crippen LogP contribution in [-0.4, -0.2) is 36.4 Å². The van der Waals surface area contributed by atoms with Gasteiger partial charge in [0, 0.05) is 11.8 Å². The summed E-state index contributed by atoms with van der Waals surface area (Å²) in [7, 11) is 2.80. The van der Waals surface area contributed by atoms with Gasteiger partial charge in [0.2, 0.25) is 11.7 Å². The van der Waals surface area contributed by atoms with Crippen LogP contribution < -0.4 is 20.5 Å². The van der Waals surface area contributed by atoms with Gasteiger partial charge in [-0.3, -0.25) is 9.78 Å². The fraction of sp³-hybridized carbons (Fsp3) is 0.200. The summed E-state index contributed by atoms with van der Waals surface area (Å²) >= 11 is 0. The van der Waals surface area contributed by atoms with Crippen LogP contribution in [0.3, 0.4) is 0 Å². The number of nitrogens with zero attached hydrogens (tertiary/aromatic N) is 2. The zero-order chi connectivity index (χ0) is 21.5. The highest BCUT2D eigenvalue weighted by atomic mass is 16.5. The van der Waals surface area contributed by atoms with E-state index in [1.165, 1.54) is 26.4 Å². The summed E-state index contributed by atoms with van der Waals surface area (Å²) in [5.74, 6) is 1.23. The molecule has 0 saturated heterocycles. The van der Waals surface area contributed by atoms with Gasteiger partial charge in [0.1, 0.15) is 12.4 Å². The van der Waals surface area contributed by atoms with Crippen LogP contribution in [0.25, 0.3) is 0 Å². The summed E-state index contributed by atoms with van der Waals surface area (Å²) in [4.78, 5) is 29.5. The summed E-state index contributed by atoms with van der Waals surface area (Å²) in [6.07, 6.45) is 1.55. The Kier molecular flexibility index (Phi) is 6.48. The number of methoxy groups -OCH3 is 2. The molecule has 0 radical (unpaired) electrons. The van der Waals surface area contributed by atoms with E-state index < -0.39 is 5.97 Å². The Bertz CT molecular complexity index is 1120. The van der Waals surface area contributed by atoms with Crippen molar-refractivity contribution in [1.29, 1.82) is 0 Å². The minimum absolute atomic E-state index is 0.103. The Labute approximate surface area is 171 Å². The second kappa shape index (κ2) is 9.41. The Morgan fingerprint density at radius 3 is 2.80 bits per heavy atom. The molecule has 0 aliphatic carbocycles. The number of aromatic nitrogens is 2. The third-order valence-electron chi connectivity index (χ3n) is 3.86. The summed E-state index contributed by atoms with van der Waals surface area (Å²) in [5, 5.41) is 4.06. The quantitative estimate of drug-likeness (QED) is 0.328. The Hall–Kier alpha value is -4.08.